The highest BCUT2D eigenvalue weighted by Gasteiger charge is 2.32. The van der Waals surface area contributed by atoms with Crippen LogP contribution in [0.25, 0.3) is 0 Å². The summed E-state index contributed by atoms with van der Waals surface area (Å²) in [6.45, 7) is 5.03. The predicted octanol–water partition coefficient (Wildman–Crippen LogP) is 3.51. The van der Waals surface area contributed by atoms with Gasteiger partial charge in [-0.15, -0.1) is 0 Å². The number of hydrogen-bond donors (Lipinski definition) is 0. The van der Waals surface area contributed by atoms with Crippen molar-refractivity contribution in [3.63, 3.8) is 0 Å². The fraction of sp³-hybridized carbons (Fsp3) is 1.00. The molecule has 0 amide bonds. The van der Waals surface area contributed by atoms with Crippen LogP contribution >= 0.6 is 7.37 Å². The average molecular weight is 204 g/mol. The van der Waals surface area contributed by atoms with E-state index in [1.54, 1.807) is 0 Å². The molecule has 1 heterocycles. The zero-order valence-corrected chi connectivity index (χ0v) is 9.69. The number of hydrogen-bond acceptors (Lipinski definition) is 2. The van der Waals surface area contributed by atoms with Crippen LogP contribution in [0.2, 0.25) is 0 Å². The minimum atomic E-state index is -2.17. The molecule has 0 radical (unpaired) electrons. The Morgan fingerprint density at radius 3 is 2.77 bits per heavy atom. The average Bonchev–Trinajstić information content (AvgIpc) is 2.41. The molecule has 2 nitrogen and oxygen atoms in total. The molecule has 3 heteroatoms. The molecule has 0 aromatic heterocycles. The second-order valence-electron chi connectivity index (χ2n) is 4.15. The molecule has 1 rings (SSSR count). The quantitative estimate of drug-likeness (QED) is 0.506. The Hall–Kier alpha value is 0.190. The van der Waals surface area contributed by atoms with Crippen LogP contribution in [0.4, 0.5) is 0 Å². The van der Waals surface area contributed by atoms with E-state index in [1.807, 2.05) is 0 Å². The highest BCUT2D eigenvalue weighted by molar-refractivity contribution is 7.59. The van der Waals surface area contributed by atoms with Crippen molar-refractivity contribution in [1.29, 1.82) is 0 Å². The first-order valence-electron chi connectivity index (χ1n) is 5.39. The van der Waals surface area contributed by atoms with Gasteiger partial charge in [-0.05, 0) is 18.8 Å². The third-order valence-electron chi connectivity index (χ3n) is 2.63. The third kappa shape index (κ3) is 3.83. The van der Waals surface area contributed by atoms with Gasteiger partial charge in [0, 0.05) is 12.3 Å². The Balaban J connectivity index is 2.17. The van der Waals surface area contributed by atoms with Gasteiger partial charge in [0.15, 0.2) is 0 Å². The molecule has 0 N–H and O–H groups in total. The van der Waals surface area contributed by atoms with E-state index in [4.69, 9.17) is 4.52 Å². The van der Waals surface area contributed by atoms with Crippen LogP contribution in [0.15, 0.2) is 0 Å². The van der Waals surface area contributed by atoms with Gasteiger partial charge in [0.05, 0.1) is 6.61 Å². The Morgan fingerprint density at radius 1 is 1.46 bits per heavy atom. The Bertz CT molecular complexity index is 191. The molecule has 1 aliphatic heterocycles. The second kappa shape index (κ2) is 5.17. The van der Waals surface area contributed by atoms with E-state index in [0.29, 0.717) is 12.5 Å². The zero-order valence-electron chi connectivity index (χ0n) is 8.79. The van der Waals surface area contributed by atoms with E-state index < -0.39 is 7.37 Å². The van der Waals surface area contributed by atoms with Gasteiger partial charge in [-0.25, -0.2) is 0 Å². The largest absolute Gasteiger partial charge is 0.328 e. The standard InChI is InChI=1S/C10H21O2P/c1-3-4-5-7-12-13(11)8-6-10(2)9-13/h10H,3-9H2,1-2H3. The lowest BCUT2D eigenvalue weighted by molar-refractivity contribution is 0.306. The van der Waals surface area contributed by atoms with Crippen LogP contribution in [0.3, 0.4) is 0 Å². The molecule has 0 aromatic carbocycles. The normalized spacial score (nSPS) is 33.8. The lowest BCUT2D eigenvalue weighted by Crippen LogP contribution is -1.96. The maximum absolute atomic E-state index is 12.0. The van der Waals surface area contributed by atoms with Gasteiger partial charge in [0.1, 0.15) is 0 Å². The number of unbranched alkanes of at least 4 members (excludes halogenated alkanes) is 2. The first-order chi connectivity index (χ1) is 6.16. The first-order valence-corrected chi connectivity index (χ1v) is 7.38. The van der Waals surface area contributed by atoms with Crippen LogP contribution < -0.4 is 0 Å². The maximum atomic E-state index is 12.0. The summed E-state index contributed by atoms with van der Waals surface area (Å²) < 4.78 is 17.5. The van der Waals surface area contributed by atoms with Gasteiger partial charge in [0.25, 0.3) is 0 Å². The van der Waals surface area contributed by atoms with Gasteiger partial charge in [-0.3, -0.25) is 4.57 Å². The molecule has 0 aliphatic carbocycles. The maximum Gasteiger partial charge on any atom is 0.203 e. The topological polar surface area (TPSA) is 26.3 Å². The van der Waals surface area contributed by atoms with E-state index in [1.165, 1.54) is 12.8 Å². The van der Waals surface area contributed by atoms with Crippen molar-refractivity contribution in [3.05, 3.63) is 0 Å². The third-order valence-corrected chi connectivity index (χ3v) is 5.40. The summed E-state index contributed by atoms with van der Waals surface area (Å²) >= 11 is 0. The highest BCUT2D eigenvalue weighted by atomic mass is 31.2. The predicted molar refractivity (Wildman–Crippen MR) is 56.6 cm³/mol. The summed E-state index contributed by atoms with van der Waals surface area (Å²) in [7, 11) is -2.17. The minimum absolute atomic E-state index is 0.608. The van der Waals surface area contributed by atoms with Gasteiger partial charge < -0.3 is 4.52 Å². The Kier molecular flexibility index (Phi) is 4.48. The van der Waals surface area contributed by atoms with Gasteiger partial charge in [-0.1, -0.05) is 26.7 Å². The molecule has 13 heavy (non-hydrogen) atoms. The molecule has 1 saturated heterocycles. The van der Waals surface area contributed by atoms with E-state index in [2.05, 4.69) is 13.8 Å². The Labute approximate surface area is 81.5 Å². The van der Waals surface area contributed by atoms with Crippen LogP contribution in [-0.2, 0) is 9.09 Å². The van der Waals surface area contributed by atoms with Crippen LogP contribution in [0.1, 0.15) is 39.5 Å². The van der Waals surface area contributed by atoms with E-state index in [0.717, 1.165) is 25.2 Å². The molecule has 1 aliphatic rings. The molecular weight excluding hydrogens is 183 g/mol. The minimum Gasteiger partial charge on any atom is -0.328 e. The SMILES string of the molecule is CCCCCOP1(=O)CCC(C)C1. The molecule has 2 atom stereocenters. The summed E-state index contributed by atoms with van der Waals surface area (Å²) in [5.41, 5.74) is 0. The van der Waals surface area contributed by atoms with Gasteiger partial charge in [0.2, 0.25) is 7.37 Å². The van der Waals surface area contributed by atoms with E-state index >= 15 is 0 Å². The van der Waals surface area contributed by atoms with Crippen molar-refractivity contribution >= 4 is 7.37 Å². The molecule has 0 aromatic rings. The van der Waals surface area contributed by atoms with Gasteiger partial charge >= 0.3 is 0 Å². The summed E-state index contributed by atoms with van der Waals surface area (Å²) in [4.78, 5) is 0. The molecule has 0 saturated carbocycles. The molecule has 2 unspecified atom stereocenters. The summed E-state index contributed by atoms with van der Waals surface area (Å²) in [5.74, 6) is 0.608. The lowest BCUT2D eigenvalue weighted by atomic mass is 10.2. The fourth-order valence-corrected chi connectivity index (χ4v) is 4.62. The molecule has 78 valence electrons. The van der Waals surface area contributed by atoms with E-state index in [-0.39, 0.29) is 0 Å². The number of rotatable bonds is 5. The van der Waals surface area contributed by atoms with Crippen LogP contribution in [0, 0.1) is 5.92 Å². The van der Waals surface area contributed by atoms with Crippen molar-refractivity contribution in [3.8, 4) is 0 Å². The highest BCUT2D eigenvalue weighted by Crippen LogP contribution is 2.55. The zero-order chi connectivity index (χ0) is 9.73. The van der Waals surface area contributed by atoms with Crippen LogP contribution in [0.5, 0.6) is 0 Å². The molecular formula is C10H21O2P. The van der Waals surface area contributed by atoms with Gasteiger partial charge in [-0.2, -0.15) is 0 Å². The summed E-state index contributed by atoms with van der Waals surface area (Å²) in [5, 5.41) is 0. The molecule has 0 bridgehead atoms. The van der Waals surface area contributed by atoms with Crippen molar-refractivity contribution in [2.24, 2.45) is 5.92 Å². The monoisotopic (exact) mass is 204 g/mol. The second-order valence-corrected chi connectivity index (χ2v) is 6.85. The van der Waals surface area contributed by atoms with Crippen molar-refractivity contribution < 1.29 is 9.09 Å². The smallest absolute Gasteiger partial charge is 0.203 e. The van der Waals surface area contributed by atoms with Crippen molar-refractivity contribution in [2.45, 2.75) is 39.5 Å². The van der Waals surface area contributed by atoms with Crippen molar-refractivity contribution in [2.75, 3.05) is 18.9 Å². The Morgan fingerprint density at radius 2 is 2.23 bits per heavy atom. The fourth-order valence-electron chi connectivity index (χ4n) is 1.77. The summed E-state index contributed by atoms with van der Waals surface area (Å²) in [6.07, 6.45) is 6.18. The first kappa shape index (κ1) is 11.3. The van der Waals surface area contributed by atoms with E-state index in [9.17, 15) is 4.57 Å². The van der Waals surface area contributed by atoms with Crippen LogP contribution in [-0.4, -0.2) is 18.9 Å². The lowest BCUT2D eigenvalue weighted by Gasteiger charge is -2.11. The molecule has 1 fully saturated rings. The van der Waals surface area contributed by atoms with Crippen molar-refractivity contribution in [1.82, 2.24) is 0 Å². The molecule has 0 spiro atoms. The summed E-state index contributed by atoms with van der Waals surface area (Å²) in [6, 6.07) is 0.